The van der Waals surface area contributed by atoms with Crippen LogP contribution in [0.25, 0.3) is 0 Å². The number of hydrogen-bond acceptors (Lipinski definition) is 4. The minimum absolute atomic E-state index is 0.409. The predicted molar refractivity (Wildman–Crippen MR) is 38.5 cm³/mol. The van der Waals surface area contributed by atoms with E-state index in [0.717, 1.165) is 0 Å². The second-order valence-electron chi connectivity index (χ2n) is 2.53. The molecule has 0 rings (SSSR count). The van der Waals surface area contributed by atoms with Crippen LogP contribution in [0.1, 0.15) is 20.3 Å². The van der Waals surface area contributed by atoms with Gasteiger partial charge in [-0.3, -0.25) is 10.1 Å². The van der Waals surface area contributed by atoms with Gasteiger partial charge in [-0.15, -0.1) is 0 Å². The van der Waals surface area contributed by atoms with Gasteiger partial charge in [0.25, 0.3) is 0 Å². The summed E-state index contributed by atoms with van der Waals surface area (Å²) < 4.78 is 0. The van der Waals surface area contributed by atoms with Gasteiger partial charge >= 0.3 is 6.23 Å². The molecule has 0 bridgehead atoms. The number of hydrogen-bond donors (Lipinski definition) is 2. The zero-order chi connectivity index (χ0) is 9.02. The van der Waals surface area contributed by atoms with Gasteiger partial charge in [-0.2, -0.15) is 0 Å². The molecule has 0 aliphatic rings. The van der Waals surface area contributed by atoms with Crippen molar-refractivity contribution in [3.05, 3.63) is 10.1 Å². The number of aliphatic hydroxyl groups excluding tert-OH is 2. The number of nitro groups is 1. The summed E-state index contributed by atoms with van der Waals surface area (Å²) in [6, 6.07) is 0. The van der Waals surface area contributed by atoms with Crippen molar-refractivity contribution in [1.82, 2.24) is 0 Å². The van der Waals surface area contributed by atoms with Crippen molar-refractivity contribution >= 4 is 0 Å². The molecule has 0 aromatic heterocycles. The third-order valence-electron chi connectivity index (χ3n) is 1.71. The lowest BCUT2D eigenvalue weighted by molar-refractivity contribution is -0.582. The molecule has 0 aromatic rings. The summed E-state index contributed by atoms with van der Waals surface area (Å²) in [5, 5.41) is 27.9. The molecule has 11 heavy (non-hydrogen) atoms. The molecular weight excluding hydrogens is 150 g/mol. The second kappa shape index (κ2) is 4.25. The smallest absolute Gasteiger partial charge is 0.318 e. The van der Waals surface area contributed by atoms with E-state index in [2.05, 4.69) is 0 Å². The van der Waals surface area contributed by atoms with Crippen LogP contribution in [-0.2, 0) is 0 Å². The molecule has 0 saturated heterocycles. The summed E-state index contributed by atoms with van der Waals surface area (Å²) in [6.07, 6.45) is -2.06. The molecule has 2 N–H and O–H groups in total. The van der Waals surface area contributed by atoms with Gasteiger partial charge < -0.3 is 10.2 Å². The van der Waals surface area contributed by atoms with Crippen LogP contribution in [0, 0.1) is 16.0 Å². The fourth-order valence-electron chi connectivity index (χ4n) is 0.762. The lowest BCUT2D eigenvalue weighted by Crippen LogP contribution is -2.34. The molecule has 0 aliphatic heterocycles. The topological polar surface area (TPSA) is 83.6 Å². The molecule has 0 amide bonds. The Morgan fingerprint density at radius 2 is 2.00 bits per heavy atom. The minimum atomic E-state index is -1.66. The Morgan fingerprint density at radius 3 is 2.27 bits per heavy atom. The van der Waals surface area contributed by atoms with Gasteiger partial charge in [-0.1, -0.05) is 13.8 Å². The highest BCUT2D eigenvalue weighted by Crippen LogP contribution is 2.11. The maximum atomic E-state index is 10.0. The quantitative estimate of drug-likeness (QED) is 0.347. The van der Waals surface area contributed by atoms with Crippen LogP contribution in [-0.4, -0.2) is 27.5 Å². The molecule has 0 aromatic carbocycles. The van der Waals surface area contributed by atoms with Gasteiger partial charge in [0.15, 0.2) is 0 Å². The number of aliphatic hydroxyl groups is 2. The van der Waals surface area contributed by atoms with Crippen LogP contribution >= 0.6 is 0 Å². The lowest BCUT2D eigenvalue weighted by Gasteiger charge is -2.16. The maximum Gasteiger partial charge on any atom is 0.318 e. The van der Waals surface area contributed by atoms with E-state index in [0.29, 0.717) is 6.42 Å². The van der Waals surface area contributed by atoms with E-state index in [9.17, 15) is 10.1 Å². The van der Waals surface area contributed by atoms with E-state index < -0.39 is 23.2 Å². The predicted octanol–water partition coefficient (Wildman–Crippen LogP) is -0.0115. The van der Waals surface area contributed by atoms with Crippen molar-refractivity contribution in [2.45, 2.75) is 32.6 Å². The maximum absolute atomic E-state index is 10.0. The highest BCUT2D eigenvalue weighted by Gasteiger charge is 2.29. The van der Waals surface area contributed by atoms with E-state index in [1.807, 2.05) is 0 Å². The van der Waals surface area contributed by atoms with E-state index in [1.54, 1.807) is 6.92 Å². The SMILES string of the molecule is CCC(O)C(C)C(O)[N+](=O)[O-]. The van der Waals surface area contributed by atoms with E-state index in [1.165, 1.54) is 6.92 Å². The number of nitrogens with zero attached hydrogens (tertiary/aromatic N) is 1. The summed E-state index contributed by atoms with van der Waals surface area (Å²) in [7, 11) is 0. The van der Waals surface area contributed by atoms with Crippen molar-refractivity contribution in [2.75, 3.05) is 0 Å². The first-order valence-electron chi connectivity index (χ1n) is 3.50. The average molecular weight is 163 g/mol. The van der Waals surface area contributed by atoms with E-state index >= 15 is 0 Å². The molecule has 0 aliphatic carbocycles. The average Bonchev–Trinajstić information content (AvgIpc) is 2.00. The Bertz CT molecular complexity index is 139. The second-order valence-corrected chi connectivity index (χ2v) is 2.53. The molecule has 5 nitrogen and oxygen atoms in total. The molecule has 66 valence electrons. The summed E-state index contributed by atoms with van der Waals surface area (Å²) in [6.45, 7) is 3.15. The molecule has 3 unspecified atom stereocenters. The van der Waals surface area contributed by atoms with Crippen molar-refractivity contribution < 1.29 is 15.1 Å². The van der Waals surface area contributed by atoms with E-state index in [4.69, 9.17) is 10.2 Å². The fraction of sp³-hybridized carbons (Fsp3) is 1.00. The van der Waals surface area contributed by atoms with Gasteiger partial charge in [-0.05, 0) is 6.42 Å². The van der Waals surface area contributed by atoms with Crippen LogP contribution in [0.2, 0.25) is 0 Å². The van der Waals surface area contributed by atoms with Crippen LogP contribution in [0.15, 0.2) is 0 Å². The highest BCUT2D eigenvalue weighted by molar-refractivity contribution is 4.63. The summed E-state index contributed by atoms with van der Waals surface area (Å²) in [5.41, 5.74) is 0. The molecule has 0 fully saturated rings. The summed E-state index contributed by atoms with van der Waals surface area (Å²) in [4.78, 5) is 9.20. The Morgan fingerprint density at radius 1 is 1.55 bits per heavy atom. The van der Waals surface area contributed by atoms with Crippen molar-refractivity contribution in [3.8, 4) is 0 Å². The lowest BCUT2D eigenvalue weighted by atomic mass is 10.0. The van der Waals surface area contributed by atoms with Gasteiger partial charge in [0, 0.05) is 0 Å². The first kappa shape index (κ1) is 10.3. The normalized spacial score (nSPS) is 18.9. The van der Waals surface area contributed by atoms with Crippen molar-refractivity contribution in [2.24, 2.45) is 5.92 Å². The molecule has 0 radical (unpaired) electrons. The minimum Gasteiger partial charge on any atom is -0.392 e. The van der Waals surface area contributed by atoms with Crippen LogP contribution in [0.4, 0.5) is 0 Å². The number of rotatable bonds is 4. The Hall–Kier alpha value is -0.680. The zero-order valence-corrected chi connectivity index (χ0v) is 6.60. The largest absolute Gasteiger partial charge is 0.392 e. The van der Waals surface area contributed by atoms with Gasteiger partial charge in [-0.25, -0.2) is 0 Å². The van der Waals surface area contributed by atoms with Crippen molar-refractivity contribution in [3.63, 3.8) is 0 Å². The Labute approximate surface area is 64.8 Å². The van der Waals surface area contributed by atoms with E-state index in [-0.39, 0.29) is 0 Å². The molecule has 0 spiro atoms. The van der Waals surface area contributed by atoms with Crippen molar-refractivity contribution in [1.29, 1.82) is 0 Å². The van der Waals surface area contributed by atoms with Gasteiger partial charge in [0.05, 0.1) is 16.9 Å². The third kappa shape index (κ3) is 2.81. The Kier molecular flexibility index (Phi) is 3.99. The molecular formula is C6H13NO4. The fourth-order valence-corrected chi connectivity index (χ4v) is 0.762. The summed E-state index contributed by atoms with van der Waals surface area (Å²) in [5.74, 6) is -0.713. The monoisotopic (exact) mass is 163 g/mol. The summed E-state index contributed by atoms with van der Waals surface area (Å²) >= 11 is 0. The first-order chi connectivity index (χ1) is 5.00. The van der Waals surface area contributed by atoms with Gasteiger partial charge in [0.2, 0.25) is 0 Å². The first-order valence-corrected chi connectivity index (χ1v) is 3.50. The highest BCUT2D eigenvalue weighted by atomic mass is 16.7. The zero-order valence-electron chi connectivity index (χ0n) is 6.60. The third-order valence-corrected chi connectivity index (χ3v) is 1.71. The standard InChI is InChI=1S/C6H13NO4/c1-3-5(8)4(2)6(9)7(10)11/h4-6,8-9H,3H2,1-2H3. The van der Waals surface area contributed by atoms with Gasteiger partial charge in [0.1, 0.15) is 0 Å². The molecule has 5 heteroatoms. The molecule has 0 heterocycles. The van der Waals surface area contributed by atoms with Crippen LogP contribution < -0.4 is 0 Å². The molecule has 0 saturated carbocycles. The van der Waals surface area contributed by atoms with Crippen LogP contribution in [0.3, 0.4) is 0 Å². The molecule has 3 atom stereocenters. The van der Waals surface area contributed by atoms with Crippen LogP contribution in [0.5, 0.6) is 0 Å². The Balaban J connectivity index is 4.00.